The van der Waals surface area contributed by atoms with Crippen LogP contribution in [0.5, 0.6) is 0 Å². The van der Waals surface area contributed by atoms with Crippen molar-refractivity contribution in [3.05, 3.63) is 0 Å². The van der Waals surface area contributed by atoms with Gasteiger partial charge < -0.3 is 10.4 Å². The molecule has 1 unspecified atom stereocenters. The second-order valence-corrected chi connectivity index (χ2v) is 3.73. The van der Waals surface area contributed by atoms with Gasteiger partial charge >= 0.3 is 5.97 Å². The van der Waals surface area contributed by atoms with Gasteiger partial charge in [0, 0.05) is 13.1 Å². The molecule has 0 radical (unpaired) electrons. The van der Waals surface area contributed by atoms with E-state index in [1.807, 2.05) is 6.92 Å². The Morgan fingerprint density at radius 3 is 2.71 bits per heavy atom. The number of carboxylic acids is 1. The third-order valence-electron chi connectivity index (χ3n) is 2.51. The highest BCUT2D eigenvalue weighted by Crippen LogP contribution is 2.17. The molecule has 0 aromatic heterocycles. The Bertz CT molecular complexity index is 253. The van der Waals surface area contributed by atoms with E-state index in [2.05, 4.69) is 16.6 Å². The lowest BCUT2D eigenvalue weighted by Gasteiger charge is -2.44. The maximum atomic E-state index is 10.6. The molecule has 3 N–H and O–H groups in total. The van der Waals surface area contributed by atoms with E-state index in [1.54, 1.807) is 0 Å². The number of nitrogens with one attached hydrogen (secondary N) is 2. The smallest absolute Gasteiger partial charge is 0.305 e. The van der Waals surface area contributed by atoms with E-state index >= 15 is 0 Å². The molecule has 0 aliphatic carbocycles. The van der Waals surface area contributed by atoms with Gasteiger partial charge in [-0.2, -0.15) is 0 Å². The molecule has 1 fully saturated rings. The van der Waals surface area contributed by atoms with Crippen molar-refractivity contribution in [2.24, 2.45) is 0 Å². The van der Waals surface area contributed by atoms with Crippen molar-refractivity contribution >= 4 is 5.97 Å². The van der Waals surface area contributed by atoms with Crippen molar-refractivity contribution in [1.82, 2.24) is 10.6 Å². The lowest BCUT2D eigenvalue weighted by Crippen LogP contribution is -2.70. The van der Waals surface area contributed by atoms with Crippen molar-refractivity contribution < 1.29 is 9.90 Å². The highest BCUT2D eigenvalue weighted by molar-refractivity contribution is 5.68. The molecule has 1 aliphatic rings. The molecule has 0 amide bonds. The summed E-state index contributed by atoms with van der Waals surface area (Å²) in [5.41, 5.74) is -0.334. The SMILES string of the molecule is C#CC(CC)NC1(CC(=O)O)CNC1. The molecule has 1 rings (SSSR count). The molecule has 0 spiro atoms. The van der Waals surface area contributed by atoms with Gasteiger partial charge in [-0.05, 0) is 6.42 Å². The van der Waals surface area contributed by atoms with E-state index in [4.69, 9.17) is 11.5 Å². The predicted molar refractivity (Wildman–Crippen MR) is 53.9 cm³/mol. The Morgan fingerprint density at radius 1 is 1.79 bits per heavy atom. The van der Waals surface area contributed by atoms with Crippen molar-refractivity contribution in [3.63, 3.8) is 0 Å². The van der Waals surface area contributed by atoms with Gasteiger partial charge in [0.05, 0.1) is 18.0 Å². The van der Waals surface area contributed by atoms with Crippen molar-refractivity contribution in [1.29, 1.82) is 0 Å². The number of hydrogen-bond donors (Lipinski definition) is 3. The summed E-state index contributed by atoms with van der Waals surface area (Å²) in [6, 6.07) is -0.0311. The van der Waals surface area contributed by atoms with Crippen LogP contribution in [0, 0.1) is 12.3 Å². The second kappa shape index (κ2) is 4.45. The first-order chi connectivity index (χ1) is 6.62. The first kappa shape index (κ1) is 11.0. The van der Waals surface area contributed by atoms with Crippen molar-refractivity contribution in [3.8, 4) is 12.3 Å². The zero-order chi connectivity index (χ0) is 10.6. The van der Waals surface area contributed by atoms with Crippen LogP contribution < -0.4 is 10.6 Å². The lowest BCUT2D eigenvalue weighted by atomic mass is 9.87. The first-order valence-corrected chi connectivity index (χ1v) is 4.78. The van der Waals surface area contributed by atoms with Crippen LogP contribution in [0.25, 0.3) is 0 Å². The number of rotatable bonds is 5. The van der Waals surface area contributed by atoms with E-state index < -0.39 is 5.97 Å². The molecule has 1 saturated heterocycles. The van der Waals surface area contributed by atoms with Gasteiger partial charge in [-0.3, -0.25) is 10.1 Å². The van der Waals surface area contributed by atoms with Gasteiger partial charge in [0.2, 0.25) is 0 Å². The van der Waals surface area contributed by atoms with Gasteiger partial charge in [-0.25, -0.2) is 0 Å². The van der Waals surface area contributed by atoms with Gasteiger partial charge in [0.25, 0.3) is 0 Å². The molecule has 1 atom stereocenters. The van der Waals surface area contributed by atoms with Crippen LogP contribution in [-0.2, 0) is 4.79 Å². The van der Waals surface area contributed by atoms with Crippen LogP contribution in [0.2, 0.25) is 0 Å². The molecule has 0 bridgehead atoms. The average molecular weight is 196 g/mol. The zero-order valence-corrected chi connectivity index (χ0v) is 8.34. The topological polar surface area (TPSA) is 61.4 Å². The summed E-state index contributed by atoms with van der Waals surface area (Å²) in [5.74, 6) is 1.83. The van der Waals surface area contributed by atoms with Crippen LogP contribution >= 0.6 is 0 Å². The molecular weight excluding hydrogens is 180 g/mol. The number of aliphatic carboxylic acids is 1. The van der Waals surface area contributed by atoms with Gasteiger partial charge in [-0.15, -0.1) is 6.42 Å². The van der Waals surface area contributed by atoms with Gasteiger partial charge in [0.1, 0.15) is 0 Å². The summed E-state index contributed by atoms with van der Waals surface area (Å²) in [5, 5.41) is 15.0. The Hall–Kier alpha value is -1.05. The van der Waals surface area contributed by atoms with E-state index in [1.165, 1.54) is 0 Å². The molecule has 14 heavy (non-hydrogen) atoms. The van der Waals surface area contributed by atoms with Crippen molar-refractivity contribution in [2.45, 2.75) is 31.3 Å². The highest BCUT2D eigenvalue weighted by Gasteiger charge is 2.39. The molecule has 1 heterocycles. The fourth-order valence-corrected chi connectivity index (χ4v) is 1.63. The first-order valence-electron chi connectivity index (χ1n) is 4.78. The molecule has 0 aromatic rings. The molecule has 0 saturated carbocycles. The molecule has 1 aliphatic heterocycles. The normalized spacial score (nSPS) is 20.6. The van der Waals surface area contributed by atoms with Crippen LogP contribution in [0.4, 0.5) is 0 Å². The average Bonchev–Trinajstić information content (AvgIpc) is 2.09. The monoisotopic (exact) mass is 196 g/mol. The minimum Gasteiger partial charge on any atom is -0.481 e. The molecule has 0 aromatic carbocycles. The maximum absolute atomic E-state index is 10.6. The Morgan fingerprint density at radius 2 is 2.43 bits per heavy atom. The van der Waals surface area contributed by atoms with Crippen LogP contribution in [0.15, 0.2) is 0 Å². The molecule has 4 heteroatoms. The maximum Gasteiger partial charge on any atom is 0.305 e. The summed E-state index contributed by atoms with van der Waals surface area (Å²) in [6.45, 7) is 3.34. The summed E-state index contributed by atoms with van der Waals surface area (Å²) >= 11 is 0. The standard InChI is InChI=1S/C10H16N2O2/c1-3-8(4-2)12-10(5-9(13)14)6-11-7-10/h1,8,11-12H,4-7H2,2H3,(H,13,14). The Kier molecular flexibility index (Phi) is 3.50. The molecule has 78 valence electrons. The number of terminal acetylenes is 1. The quantitative estimate of drug-likeness (QED) is 0.533. The number of carbonyl (C=O) groups is 1. The molecule has 4 nitrogen and oxygen atoms in total. The van der Waals surface area contributed by atoms with E-state index in [-0.39, 0.29) is 18.0 Å². The summed E-state index contributed by atoms with van der Waals surface area (Å²) in [7, 11) is 0. The minimum absolute atomic E-state index is 0.0311. The summed E-state index contributed by atoms with van der Waals surface area (Å²) < 4.78 is 0. The van der Waals surface area contributed by atoms with E-state index in [0.717, 1.165) is 6.42 Å². The third-order valence-corrected chi connectivity index (χ3v) is 2.51. The van der Waals surface area contributed by atoms with Gasteiger partial charge in [0.15, 0.2) is 0 Å². The Labute approximate surface area is 84.1 Å². The van der Waals surface area contributed by atoms with Crippen molar-refractivity contribution in [2.75, 3.05) is 13.1 Å². The van der Waals surface area contributed by atoms with Crippen LogP contribution in [0.3, 0.4) is 0 Å². The zero-order valence-electron chi connectivity index (χ0n) is 8.34. The fourth-order valence-electron chi connectivity index (χ4n) is 1.63. The van der Waals surface area contributed by atoms with E-state index in [0.29, 0.717) is 13.1 Å². The summed E-state index contributed by atoms with van der Waals surface area (Å²) in [6.07, 6.45) is 6.26. The minimum atomic E-state index is -0.786. The second-order valence-electron chi connectivity index (χ2n) is 3.73. The lowest BCUT2D eigenvalue weighted by molar-refractivity contribution is -0.139. The molecular formula is C10H16N2O2. The number of hydrogen-bond acceptors (Lipinski definition) is 3. The Balaban J connectivity index is 2.53. The van der Waals surface area contributed by atoms with E-state index in [9.17, 15) is 4.79 Å². The largest absolute Gasteiger partial charge is 0.481 e. The third kappa shape index (κ3) is 2.47. The summed E-state index contributed by atoms with van der Waals surface area (Å²) in [4.78, 5) is 10.6. The van der Waals surface area contributed by atoms with Crippen LogP contribution in [0.1, 0.15) is 19.8 Å². The highest BCUT2D eigenvalue weighted by atomic mass is 16.4. The number of carboxylic acid groups (broad SMARTS) is 1. The van der Waals surface area contributed by atoms with Gasteiger partial charge in [-0.1, -0.05) is 12.8 Å². The van der Waals surface area contributed by atoms with Crippen LogP contribution in [-0.4, -0.2) is 35.7 Å². The fraction of sp³-hybridized carbons (Fsp3) is 0.700. The predicted octanol–water partition coefficient (Wildman–Crippen LogP) is -0.195.